The minimum absolute atomic E-state index is 0.0662. The van der Waals surface area contributed by atoms with Gasteiger partial charge in [-0.05, 0) is 61.7 Å². The summed E-state index contributed by atoms with van der Waals surface area (Å²) in [4.78, 5) is 40.4. The van der Waals surface area contributed by atoms with Crippen LogP contribution in [0.2, 0.25) is 0 Å². The molecule has 2 heterocycles. The summed E-state index contributed by atoms with van der Waals surface area (Å²) in [7, 11) is 0. The van der Waals surface area contributed by atoms with Crippen LogP contribution in [0.5, 0.6) is 5.75 Å². The van der Waals surface area contributed by atoms with E-state index in [1.165, 1.54) is 0 Å². The van der Waals surface area contributed by atoms with E-state index < -0.39 is 11.9 Å². The molecule has 2 aliphatic heterocycles. The van der Waals surface area contributed by atoms with E-state index in [1.54, 1.807) is 34.1 Å². The molecule has 6 heteroatoms. The van der Waals surface area contributed by atoms with Crippen LogP contribution in [0.15, 0.2) is 42.5 Å². The van der Waals surface area contributed by atoms with Crippen molar-refractivity contribution in [2.75, 3.05) is 22.9 Å². The van der Waals surface area contributed by atoms with Gasteiger partial charge in [0.25, 0.3) is 0 Å². The Morgan fingerprint density at radius 1 is 1.00 bits per heavy atom. The Bertz CT molecular complexity index is 967. The van der Waals surface area contributed by atoms with E-state index in [9.17, 15) is 14.4 Å². The van der Waals surface area contributed by atoms with E-state index in [2.05, 4.69) is 0 Å². The number of nitrogens with zero attached hydrogens (tertiary/aromatic N) is 2. The van der Waals surface area contributed by atoms with Crippen molar-refractivity contribution < 1.29 is 19.1 Å². The van der Waals surface area contributed by atoms with Gasteiger partial charge in [0.2, 0.25) is 11.8 Å². The van der Waals surface area contributed by atoms with Crippen molar-refractivity contribution in [1.29, 1.82) is 0 Å². The quantitative estimate of drug-likeness (QED) is 0.591. The summed E-state index contributed by atoms with van der Waals surface area (Å²) in [6.07, 6.45) is 1.58. The van der Waals surface area contributed by atoms with Crippen LogP contribution in [0.4, 0.5) is 11.4 Å². The van der Waals surface area contributed by atoms with Crippen LogP contribution in [0.3, 0.4) is 0 Å². The summed E-state index contributed by atoms with van der Waals surface area (Å²) >= 11 is 0. The summed E-state index contributed by atoms with van der Waals surface area (Å²) in [5.41, 5.74) is 3.81. The fraction of sp³-hybridized carbons (Fsp3) is 0.348. The van der Waals surface area contributed by atoms with Gasteiger partial charge in [-0.1, -0.05) is 12.1 Å². The number of carbonyl (C=O) groups excluding carboxylic acids is 3. The maximum atomic E-state index is 12.6. The topological polar surface area (TPSA) is 66.9 Å². The number of rotatable bonds is 4. The number of ether oxygens (including phenoxy) is 1. The maximum Gasteiger partial charge on any atom is 0.316 e. The average molecular weight is 392 g/mol. The highest BCUT2D eigenvalue weighted by atomic mass is 16.5. The third kappa shape index (κ3) is 3.75. The number of carbonyl (C=O) groups is 3. The van der Waals surface area contributed by atoms with Crippen molar-refractivity contribution in [1.82, 2.24) is 0 Å². The van der Waals surface area contributed by atoms with Gasteiger partial charge in [0.15, 0.2) is 0 Å². The molecule has 0 saturated carbocycles. The van der Waals surface area contributed by atoms with Crippen molar-refractivity contribution >= 4 is 29.2 Å². The predicted octanol–water partition coefficient (Wildman–Crippen LogP) is 3.39. The average Bonchev–Trinajstić information content (AvgIpc) is 3.30. The van der Waals surface area contributed by atoms with Crippen LogP contribution in [0.25, 0.3) is 0 Å². The first-order valence-electron chi connectivity index (χ1n) is 9.93. The second-order valence-electron chi connectivity index (χ2n) is 7.69. The van der Waals surface area contributed by atoms with Crippen LogP contribution in [-0.2, 0) is 14.4 Å². The smallest absolute Gasteiger partial charge is 0.316 e. The molecule has 0 spiro atoms. The van der Waals surface area contributed by atoms with Crippen LogP contribution in [0, 0.1) is 19.8 Å². The number of hydrogen-bond donors (Lipinski definition) is 0. The van der Waals surface area contributed by atoms with E-state index in [0.29, 0.717) is 18.7 Å². The number of hydrogen-bond acceptors (Lipinski definition) is 4. The van der Waals surface area contributed by atoms with Gasteiger partial charge in [0.1, 0.15) is 5.75 Å². The number of aryl methyl sites for hydroxylation is 1. The SMILES string of the molecule is Cc1cccc(N2CC(C(=O)Oc3ccc(N4CCCC4=O)cc3)CC2=O)c1C. The van der Waals surface area contributed by atoms with Crippen molar-refractivity contribution in [2.45, 2.75) is 33.1 Å². The maximum absolute atomic E-state index is 12.6. The van der Waals surface area contributed by atoms with Crippen molar-refractivity contribution in [3.8, 4) is 5.75 Å². The molecule has 4 rings (SSSR count). The third-order valence-corrected chi connectivity index (χ3v) is 5.77. The number of esters is 1. The zero-order valence-electron chi connectivity index (χ0n) is 16.7. The van der Waals surface area contributed by atoms with Gasteiger partial charge in [-0.3, -0.25) is 14.4 Å². The Morgan fingerprint density at radius 3 is 2.45 bits per heavy atom. The van der Waals surface area contributed by atoms with Crippen molar-refractivity contribution in [3.05, 3.63) is 53.6 Å². The molecule has 29 heavy (non-hydrogen) atoms. The first kappa shape index (κ1) is 19.2. The number of amides is 2. The summed E-state index contributed by atoms with van der Waals surface area (Å²) < 4.78 is 5.51. The van der Waals surface area contributed by atoms with E-state index in [4.69, 9.17) is 4.74 Å². The molecule has 1 unspecified atom stereocenters. The Balaban J connectivity index is 1.42. The zero-order valence-corrected chi connectivity index (χ0v) is 16.7. The Morgan fingerprint density at radius 2 is 1.76 bits per heavy atom. The van der Waals surface area contributed by atoms with E-state index in [0.717, 1.165) is 35.5 Å². The molecule has 0 bridgehead atoms. The molecular formula is C23H24N2O4. The lowest BCUT2D eigenvalue weighted by atomic mass is 10.1. The van der Waals surface area contributed by atoms with Crippen LogP contribution in [0.1, 0.15) is 30.4 Å². The molecule has 2 fully saturated rings. The lowest BCUT2D eigenvalue weighted by molar-refractivity contribution is -0.139. The van der Waals surface area contributed by atoms with Crippen LogP contribution >= 0.6 is 0 Å². The lowest BCUT2D eigenvalue weighted by Crippen LogP contribution is -2.28. The largest absolute Gasteiger partial charge is 0.426 e. The molecule has 0 radical (unpaired) electrons. The minimum atomic E-state index is -0.498. The monoisotopic (exact) mass is 392 g/mol. The first-order valence-corrected chi connectivity index (χ1v) is 9.93. The second kappa shape index (κ2) is 7.70. The molecule has 1 atom stereocenters. The molecule has 150 valence electrons. The van der Waals surface area contributed by atoms with Gasteiger partial charge in [0.05, 0.1) is 5.92 Å². The second-order valence-corrected chi connectivity index (χ2v) is 7.69. The van der Waals surface area contributed by atoms with Gasteiger partial charge >= 0.3 is 5.97 Å². The molecule has 6 nitrogen and oxygen atoms in total. The van der Waals surface area contributed by atoms with E-state index in [-0.39, 0.29) is 18.2 Å². The summed E-state index contributed by atoms with van der Waals surface area (Å²) in [5, 5.41) is 0. The summed E-state index contributed by atoms with van der Waals surface area (Å²) in [6.45, 7) is 5.03. The normalized spacial score (nSPS) is 19.2. The number of anilines is 2. The fourth-order valence-electron chi connectivity index (χ4n) is 3.94. The van der Waals surface area contributed by atoms with E-state index in [1.807, 2.05) is 32.0 Å². The molecule has 2 aromatic carbocycles. The molecule has 0 N–H and O–H groups in total. The Kier molecular flexibility index (Phi) is 5.09. The van der Waals surface area contributed by atoms with Gasteiger partial charge in [-0.25, -0.2) is 0 Å². The molecular weight excluding hydrogens is 368 g/mol. The molecule has 0 aliphatic carbocycles. The molecule has 2 aliphatic rings. The number of benzene rings is 2. The summed E-state index contributed by atoms with van der Waals surface area (Å²) in [6, 6.07) is 12.8. The molecule has 2 saturated heterocycles. The molecule has 2 aromatic rings. The van der Waals surface area contributed by atoms with Gasteiger partial charge < -0.3 is 14.5 Å². The van der Waals surface area contributed by atoms with Gasteiger partial charge in [-0.2, -0.15) is 0 Å². The highest BCUT2D eigenvalue weighted by Gasteiger charge is 2.37. The third-order valence-electron chi connectivity index (χ3n) is 5.77. The van der Waals surface area contributed by atoms with Gasteiger partial charge in [-0.15, -0.1) is 0 Å². The van der Waals surface area contributed by atoms with Gasteiger partial charge in [0, 0.05) is 37.3 Å². The summed E-state index contributed by atoms with van der Waals surface area (Å²) in [5.74, 6) is -0.435. The van der Waals surface area contributed by atoms with Crippen molar-refractivity contribution in [3.63, 3.8) is 0 Å². The van der Waals surface area contributed by atoms with Crippen molar-refractivity contribution in [2.24, 2.45) is 5.92 Å². The Labute approximate surface area is 170 Å². The standard InChI is InChI=1S/C23H24N2O4/c1-15-5-3-6-20(16(15)2)25-14-17(13-22(25)27)23(28)29-19-10-8-18(9-11-19)24-12-4-7-21(24)26/h3,5-6,8-11,17H,4,7,12-14H2,1-2H3. The zero-order chi connectivity index (χ0) is 20.5. The lowest BCUT2D eigenvalue weighted by Gasteiger charge is -2.20. The molecule has 0 aromatic heterocycles. The molecule has 2 amide bonds. The first-order chi connectivity index (χ1) is 13.9. The van der Waals surface area contributed by atoms with Crippen LogP contribution < -0.4 is 14.5 Å². The van der Waals surface area contributed by atoms with Crippen LogP contribution in [-0.4, -0.2) is 30.9 Å². The minimum Gasteiger partial charge on any atom is -0.426 e. The van der Waals surface area contributed by atoms with E-state index >= 15 is 0 Å². The predicted molar refractivity (Wildman–Crippen MR) is 110 cm³/mol. The Hall–Kier alpha value is -3.15. The fourth-order valence-corrected chi connectivity index (χ4v) is 3.94. The highest BCUT2D eigenvalue weighted by Crippen LogP contribution is 2.30. The highest BCUT2D eigenvalue weighted by molar-refractivity contribution is 6.00.